The number of aromatic hydroxyl groups is 1. The number of halogens is 1. The first-order valence-electron chi connectivity index (χ1n) is 5.56. The summed E-state index contributed by atoms with van der Waals surface area (Å²) in [6.45, 7) is 1.34. The van der Waals surface area contributed by atoms with Crippen molar-refractivity contribution in [3.8, 4) is 5.75 Å². The van der Waals surface area contributed by atoms with Crippen LogP contribution in [0.2, 0.25) is 5.02 Å². The molecule has 0 aliphatic heterocycles. The van der Waals surface area contributed by atoms with Crippen molar-refractivity contribution in [1.29, 1.82) is 0 Å². The number of phenols is 1. The molecule has 0 amide bonds. The van der Waals surface area contributed by atoms with Crippen molar-refractivity contribution in [1.82, 2.24) is 0 Å². The van der Waals surface area contributed by atoms with Gasteiger partial charge in [0.25, 0.3) is 10.0 Å². The van der Waals surface area contributed by atoms with Crippen molar-refractivity contribution in [3.63, 3.8) is 0 Å². The maximum Gasteiger partial charge on any atom is 0.371 e. The van der Waals surface area contributed by atoms with Gasteiger partial charge in [-0.05, 0) is 25.1 Å². The minimum absolute atomic E-state index is 0.0228. The van der Waals surface area contributed by atoms with E-state index in [-0.39, 0.29) is 27.1 Å². The van der Waals surface area contributed by atoms with Gasteiger partial charge in [-0.15, -0.1) is 0 Å². The highest BCUT2D eigenvalue weighted by atomic mass is 35.5. The zero-order valence-corrected chi connectivity index (χ0v) is 12.2. The van der Waals surface area contributed by atoms with Crippen LogP contribution in [0.4, 0.5) is 5.69 Å². The van der Waals surface area contributed by atoms with Crippen molar-refractivity contribution >= 4 is 33.3 Å². The van der Waals surface area contributed by atoms with E-state index in [0.29, 0.717) is 0 Å². The molecule has 0 saturated carbocycles. The molecule has 0 spiro atoms. The lowest BCUT2D eigenvalue weighted by Gasteiger charge is -2.07. The standard InChI is InChI=1S/C12H10ClNO6S/c1-6-11(5-10(20-6)12(16)17)21(18,19)14-7-2-3-9(15)8(13)4-7/h2-5,14-15H,1H3,(H,16,17). The largest absolute Gasteiger partial charge is 0.506 e. The molecular weight excluding hydrogens is 322 g/mol. The average Bonchev–Trinajstić information content (AvgIpc) is 2.77. The zero-order chi connectivity index (χ0) is 15.8. The Labute approximate surface area is 124 Å². The Balaban J connectivity index is 2.38. The van der Waals surface area contributed by atoms with Gasteiger partial charge >= 0.3 is 5.97 Å². The smallest absolute Gasteiger partial charge is 0.371 e. The van der Waals surface area contributed by atoms with E-state index in [1.54, 1.807) is 0 Å². The molecular formula is C12H10ClNO6S. The molecule has 21 heavy (non-hydrogen) atoms. The summed E-state index contributed by atoms with van der Waals surface area (Å²) in [6, 6.07) is 4.68. The molecule has 0 unspecified atom stereocenters. The van der Waals surface area contributed by atoms with E-state index in [9.17, 15) is 18.3 Å². The number of carboxylic acids is 1. The number of nitrogens with one attached hydrogen (secondary N) is 1. The van der Waals surface area contributed by atoms with Crippen molar-refractivity contribution in [2.75, 3.05) is 4.72 Å². The Hall–Kier alpha value is -2.19. The van der Waals surface area contributed by atoms with Gasteiger partial charge in [0.2, 0.25) is 5.76 Å². The van der Waals surface area contributed by atoms with E-state index >= 15 is 0 Å². The fourth-order valence-electron chi connectivity index (χ4n) is 1.62. The quantitative estimate of drug-likeness (QED) is 0.741. The van der Waals surface area contributed by atoms with Crippen LogP contribution in [0, 0.1) is 6.92 Å². The fourth-order valence-corrected chi connectivity index (χ4v) is 3.03. The normalized spacial score (nSPS) is 11.3. The molecule has 0 atom stereocenters. The van der Waals surface area contributed by atoms with Gasteiger partial charge in [-0.25, -0.2) is 13.2 Å². The van der Waals surface area contributed by atoms with Crippen LogP contribution >= 0.6 is 11.6 Å². The summed E-state index contributed by atoms with van der Waals surface area (Å²) in [5.41, 5.74) is 0.121. The highest BCUT2D eigenvalue weighted by Gasteiger charge is 2.24. The summed E-state index contributed by atoms with van der Waals surface area (Å²) >= 11 is 5.68. The van der Waals surface area contributed by atoms with Gasteiger partial charge in [-0.1, -0.05) is 11.6 Å². The van der Waals surface area contributed by atoms with Crippen LogP contribution in [0.5, 0.6) is 5.75 Å². The third-order valence-corrected chi connectivity index (χ3v) is 4.36. The highest BCUT2D eigenvalue weighted by molar-refractivity contribution is 7.92. The monoisotopic (exact) mass is 331 g/mol. The van der Waals surface area contributed by atoms with Crippen LogP contribution < -0.4 is 4.72 Å². The highest BCUT2D eigenvalue weighted by Crippen LogP contribution is 2.28. The second kappa shape index (κ2) is 5.30. The third-order valence-electron chi connectivity index (χ3n) is 2.57. The fraction of sp³-hybridized carbons (Fsp3) is 0.0833. The lowest BCUT2D eigenvalue weighted by atomic mass is 10.3. The van der Waals surface area contributed by atoms with E-state index < -0.39 is 21.8 Å². The Morgan fingerprint density at radius 3 is 2.52 bits per heavy atom. The van der Waals surface area contributed by atoms with E-state index in [1.807, 2.05) is 0 Å². The summed E-state index contributed by atoms with van der Waals surface area (Å²) in [5, 5.41) is 18.0. The van der Waals surface area contributed by atoms with Crippen molar-refractivity contribution in [3.05, 3.63) is 40.8 Å². The number of hydrogen-bond acceptors (Lipinski definition) is 5. The first kappa shape index (κ1) is 15.2. The van der Waals surface area contributed by atoms with Gasteiger partial charge < -0.3 is 14.6 Å². The summed E-state index contributed by atoms with van der Waals surface area (Å²) in [5.74, 6) is -2.08. The number of carboxylic acid groups (broad SMARTS) is 1. The van der Waals surface area contributed by atoms with E-state index in [2.05, 4.69) is 4.72 Å². The van der Waals surface area contributed by atoms with Crippen LogP contribution in [0.3, 0.4) is 0 Å². The van der Waals surface area contributed by atoms with Crippen LogP contribution in [-0.2, 0) is 10.0 Å². The SMILES string of the molecule is Cc1oc(C(=O)O)cc1S(=O)(=O)Nc1ccc(O)c(Cl)c1. The van der Waals surface area contributed by atoms with Crippen LogP contribution in [0.25, 0.3) is 0 Å². The number of phenolic OH excluding ortho intramolecular Hbond substituents is 1. The molecule has 2 aromatic rings. The lowest BCUT2D eigenvalue weighted by molar-refractivity contribution is 0.0661. The number of sulfonamides is 1. The molecule has 1 heterocycles. The minimum atomic E-state index is -4.03. The average molecular weight is 332 g/mol. The number of carbonyl (C=O) groups is 1. The maximum atomic E-state index is 12.2. The van der Waals surface area contributed by atoms with E-state index in [4.69, 9.17) is 21.1 Å². The van der Waals surface area contributed by atoms with Crippen molar-refractivity contribution < 1.29 is 27.8 Å². The second-order valence-corrected chi connectivity index (χ2v) is 6.17. The zero-order valence-electron chi connectivity index (χ0n) is 10.6. The van der Waals surface area contributed by atoms with Crippen molar-refractivity contribution in [2.45, 2.75) is 11.8 Å². The van der Waals surface area contributed by atoms with E-state index in [0.717, 1.165) is 6.07 Å². The summed E-state index contributed by atoms with van der Waals surface area (Å²) in [4.78, 5) is 10.5. The molecule has 2 rings (SSSR count). The van der Waals surface area contributed by atoms with E-state index in [1.165, 1.54) is 25.1 Å². The summed E-state index contributed by atoms with van der Waals surface area (Å²) < 4.78 is 31.4. The number of furan rings is 1. The molecule has 0 bridgehead atoms. The number of rotatable bonds is 4. The van der Waals surface area contributed by atoms with Gasteiger partial charge in [-0.3, -0.25) is 4.72 Å². The van der Waals surface area contributed by atoms with Crippen LogP contribution in [0.1, 0.15) is 16.3 Å². The first-order chi connectivity index (χ1) is 9.70. The molecule has 0 aliphatic rings. The van der Waals surface area contributed by atoms with Crippen molar-refractivity contribution in [2.24, 2.45) is 0 Å². The summed E-state index contributed by atoms with van der Waals surface area (Å²) in [7, 11) is -4.03. The first-order valence-corrected chi connectivity index (χ1v) is 7.42. The van der Waals surface area contributed by atoms with Crippen LogP contribution in [-0.4, -0.2) is 24.6 Å². The molecule has 3 N–H and O–H groups in total. The maximum absolute atomic E-state index is 12.2. The molecule has 0 fully saturated rings. The second-order valence-electron chi connectivity index (χ2n) is 4.11. The number of aryl methyl sites for hydroxylation is 1. The molecule has 1 aromatic carbocycles. The minimum Gasteiger partial charge on any atom is -0.506 e. The predicted molar refractivity (Wildman–Crippen MR) is 74.3 cm³/mol. The Kier molecular flexibility index (Phi) is 3.84. The number of benzene rings is 1. The van der Waals surface area contributed by atoms with Gasteiger partial charge in [0.15, 0.2) is 0 Å². The predicted octanol–water partition coefficient (Wildman–Crippen LogP) is 2.45. The Morgan fingerprint density at radius 2 is 2.00 bits per heavy atom. The van der Waals surface area contributed by atoms with Gasteiger partial charge in [0.1, 0.15) is 16.4 Å². The Morgan fingerprint density at radius 1 is 1.33 bits per heavy atom. The third kappa shape index (κ3) is 3.11. The molecule has 9 heteroatoms. The number of aromatic carboxylic acids is 1. The van der Waals surface area contributed by atoms with Gasteiger partial charge in [0.05, 0.1) is 10.7 Å². The lowest BCUT2D eigenvalue weighted by Crippen LogP contribution is -2.13. The number of anilines is 1. The summed E-state index contributed by atoms with van der Waals surface area (Å²) in [6.07, 6.45) is 0. The topological polar surface area (TPSA) is 117 Å². The Bertz CT molecular complexity index is 811. The molecule has 7 nitrogen and oxygen atoms in total. The number of hydrogen-bond donors (Lipinski definition) is 3. The van der Waals surface area contributed by atoms with Gasteiger partial charge in [0, 0.05) is 6.07 Å². The molecule has 0 aliphatic carbocycles. The van der Waals surface area contributed by atoms with Crippen LogP contribution in [0.15, 0.2) is 33.6 Å². The molecule has 0 radical (unpaired) electrons. The van der Waals surface area contributed by atoms with Gasteiger partial charge in [-0.2, -0.15) is 0 Å². The molecule has 112 valence electrons. The molecule has 1 aromatic heterocycles. The molecule has 0 saturated heterocycles.